The van der Waals surface area contributed by atoms with Gasteiger partial charge in [-0.05, 0) is 44.4 Å². The van der Waals surface area contributed by atoms with Gasteiger partial charge in [-0.1, -0.05) is 20.3 Å². The zero-order valence-corrected chi connectivity index (χ0v) is 13.4. The van der Waals surface area contributed by atoms with Crippen molar-refractivity contribution >= 4 is 12.0 Å². The Balaban J connectivity index is 1.92. The topological polar surface area (TPSA) is 69.6 Å². The van der Waals surface area contributed by atoms with E-state index in [1.165, 1.54) is 6.42 Å². The van der Waals surface area contributed by atoms with Gasteiger partial charge in [-0.15, -0.1) is 0 Å². The van der Waals surface area contributed by atoms with Crippen molar-refractivity contribution in [2.45, 2.75) is 65.3 Å². The molecule has 1 saturated carbocycles. The fraction of sp³-hybridized carbons (Fsp3) is 0.875. The largest absolute Gasteiger partial charge is 0.481 e. The van der Waals surface area contributed by atoms with Crippen LogP contribution in [0.3, 0.4) is 0 Å². The van der Waals surface area contributed by atoms with Crippen LogP contribution in [0.15, 0.2) is 0 Å². The number of amides is 2. The van der Waals surface area contributed by atoms with Gasteiger partial charge >= 0.3 is 12.0 Å². The molecule has 1 aliphatic heterocycles. The molecule has 0 radical (unpaired) electrons. The molecule has 1 saturated heterocycles. The van der Waals surface area contributed by atoms with Crippen molar-refractivity contribution in [2.24, 2.45) is 10.8 Å². The number of carboxylic acids is 1. The average Bonchev–Trinajstić information content (AvgIpc) is 2.37. The molecule has 120 valence electrons. The number of carboxylic acid groups (broad SMARTS) is 1. The maximum Gasteiger partial charge on any atom is 0.317 e. The molecule has 0 spiro atoms. The van der Waals surface area contributed by atoms with Crippen LogP contribution in [0.5, 0.6) is 0 Å². The highest BCUT2D eigenvalue weighted by Crippen LogP contribution is 2.35. The highest BCUT2D eigenvalue weighted by Gasteiger charge is 2.40. The predicted molar refractivity (Wildman–Crippen MR) is 81.1 cm³/mol. The van der Waals surface area contributed by atoms with Crippen LogP contribution in [-0.2, 0) is 4.79 Å². The number of urea groups is 1. The van der Waals surface area contributed by atoms with E-state index in [4.69, 9.17) is 0 Å². The monoisotopic (exact) mass is 296 g/mol. The Kier molecular flexibility index (Phi) is 4.49. The first-order valence-electron chi connectivity index (χ1n) is 8.01. The Morgan fingerprint density at radius 3 is 2.52 bits per heavy atom. The van der Waals surface area contributed by atoms with Gasteiger partial charge in [0.25, 0.3) is 0 Å². The molecule has 2 N–H and O–H groups in total. The molecule has 5 nitrogen and oxygen atoms in total. The van der Waals surface area contributed by atoms with Gasteiger partial charge in [-0.25, -0.2) is 4.79 Å². The Labute approximate surface area is 127 Å². The lowest BCUT2D eigenvalue weighted by Crippen LogP contribution is -2.54. The first-order valence-corrected chi connectivity index (χ1v) is 8.01. The van der Waals surface area contributed by atoms with Gasteiger partial charge in [-0.3, -0.25) is 4.79 Å². The van der Waals surface area contributed by atoms with E-state index in [9.17, 15) is 14.7 Å². The van der Waals surface area contributed by atoms with Crippen LogP contribution < -0.4 is 5.32 Å². The van der Waals surface area contributed by atoms with E-state index >= 15 is 0 Å². The van der Waals surface area contributed by atoms with E-state index in [0.29, 0.717) is 19.5 Å². The summed E-state index contributed by atoms with van der Waals surface area (Å²) >= 11 is 0. The molecule has 2 amide bonds. The Morgan fingerprint density at radius 1 is 1.19 bits per heavy atom. The van der Waals surface area contributed by atoms with E-state index < -0.39 is 11.4 Å². The lowest BCUT2D eigenvalue weighted by atomic mass is 9.75. The van der Waals surface area contributed by atoms with Crippen molar-refractivity contribution < 1.29 is 14.7 Å². The third-order valence-electron chi connectivity index (χ3n) is 5.03. The number of nitrogens with zero attached hydrogens (tertiary/aromatic N) is 1. The third-order valence-corrected chi connectivity index (χ3v) is 5.03. The first-order chi connectivity index (χ1) is 9.72. The average molecular weight is 296 g/mol. The molecular formula is C16H28N2O3. The fourth-order valence-corrected chi connectivity index (χ4v) is 3.67. The minimum absolute atomic E-state index is 0.0927. The Morgan fingerprint density at radius 2 is 1.90 bits per heavy atom. The summed E-state index contributed by atoms with van der Waals surface area (Å²) < 4.78 is 0. The van der Waals surface area contributed by atoms with Crippen LogP contribution >= 0.6 is 0 Å². The van der Waals surface area contributed by atoms with Crippen LogP contribution in [0, 0.1) is 10.8 Å². The first kappa shape index (κ1) is 16.1. The standard InChI is InChI=1S/C16H28N2O3/c1-15(2)7-4-6-12(10-15)17-14(21)18-9-5-8-16(3,11-18)13(19)20/h12H,4-11H2,1-3H3,(H,17,21)(H,19,20). The summed E-state index contributed by atoms with van der Waals surface area (Å²) in [6.07, 6.45) is 5.78. The van der Waals surface area contributed by atoms with Gasteiger partial charge in [-0.2, -0.15) is 0 Å². The summed E-state index contributed by atoms with van der Waals surface area (Å²) in [6, 6.07) is 0.129. The van der Waals surface area contributed by atoms with Crippen molar-refractivity contribution in [2.75, 3.05) is 13.1 Å². The quantitative estimate of drug-likeness (QED) is 0.823. The van der Waals surface area contributed by atoms with Crippen LogP contribution in [0.2, 0.25) is 0 Å². The number of hydrogen-bond donors (Lipinski definition) is 2. The molecule has 2 rings (SSSR count). The summed E-state index contributed by atoms with van der Waals surface area (Å²) in [4.78, 5) is 25.5. The number of piperidine rings is 1. The van der Waals surface area contributed by atoms with E-state index in [0.717, 1.165) is 25.7 Å². The number of aliphatic carboxylic acids is 1. The predicted octanol–water partition coefficient (Wildman–Crippen LogP) is 2.85. The summed E-state index contributed by atoms with van der Waals surface area (Å²) in [5.41, 5.74) is -0.519. The summed E-state index contributed by atoms with van der Waals surface area (Å²) in [5, 5.41) is 12.4. The fourth-order valence-electron chi connectivity index (χ4n) is 3.67. The van der Waals surface area contributed by atoms with Crippen LogP contribution in [-0.4, -0.2) is 41.1 Å². The minimum Gasteiger partial charge on any atom is -0.481 e. The Bertz CT molecular complexity index is 422. The number of likely N-dealkylation sites (tertiary alicyclic amines) is 1. The number of rotatable bonds is 2. The molecule has 5 heteroatoms. The van der Waals surface area contributed by atoms with Crippen molar-refractivity contribution in [1.82, 2.24) is 10.2 Å². The van der Waals surface area contributed by atoms with Crippen LogP contribution in [0.25, 0.3) is 0 Å². The van der Waals surface area contributed by atoms with Gasteiger partial charge in [0.15, 0.2) is 0 Å². The minimum atomic E-state index is -0.807. The second-order valence-corrected chi connectivity index (χ2v) is 7.80. The number of carbonyl (C=O) groups excluding carboxylic acids is 1. The zero-order chi connectivity index (χ0) is 15.7. The number of hydrogen-bond acceptors (Lipinski definition) is 2. The summed E-state index contributed by atoms with van der Waals surface area (Å²) in [6.45, 7) is 7.19. The highest BCUT2D eigenvalue weighted by atomic mass is 16.4. The number of nitrogens with one attached hydrogen (secondary N) is 1. The van der Waals surface area contributed by atoms with Gasteiger partial charge in [0.05, 0.1) is 5.41 Å². The summed E-state index contributed by atoms with van der Waals surface area (Å²) in [7, 11) is 0. The molecule has 21 heavy (non-hydrogen) atoms. The van der Waals surface area contributed by atoms with E-state index in [2.05, 4.69) is 19.2 Å². The van der Waals surface area contributed by atoms with E-state index in [-0.39, 0.29) is 17.5 Å². The van der Waals surface area contributed by atoms with Crippen LogP contribution in [0.1, 0.15) is 59.3 Å². The highest BCUT2D eigenvalue weighted by molar-refractivity contribution is 5.78. The molecule has 0 bridgehead atoms. The second-order valence-electron chi connectivity index (χ2n) is 7.80. The molecule has 1 aliphatic carbocycles. The van der Waals surface area contributed by atoms with Crippen molar-refractivity contribution in [3.63, 3.8) is 0 Å². The lowest BCUT2D eigenvalue weighted by molar-refractivity contribution is -0.150. The van der Waals surface area contributed by atoms with Crippen molar-refractivity contribution in [3.8, 4) is 0 Å². The maximum atomic E-state index is 12.4. The molecule has 0 aromatic rings. The molecule has 0 aromatic heterocycles. The van der Waals surface area contributed by atoms with Gasteiger partial charge in [0, 0.05) is 19.1 Å². The third kappa shape index (κ3) is 3.89. The molecule has 2 atom stereocenters. The molecule has 1 heterocycles. The zero-order valence-electron chi connectivity index (χ0n) is 13.4. The van der Waals surface area contributed by atoms with Crippen molar-refractivity contribution in [3.05, 3.63) is 0 Å². The Hall–Kier alpha value is -1.26. The van der Waals surface area contributed by atoms with Crippen molar-refractivity contribution in [1.29, 1.82) is 0 Å². The maximum absolute atomic E-state index is 12.4. The van der Waals surface area contributed by atoms with Crippen LogP contribution in [0.4, 0.5) is 4.79 Å². The summed E-state index contributed by atoms with van der Waals surface area (Å²) in [5.74, 6) is -0.807. The van der Waals surface area contributed by atoms with Gasteiger partial charge < -0.3 is 15.3 Å². The van der Waals surface area contributed by atoms with Gasteiger partial charge in [0.2, 0.25) is 0 Å². The molecule has 2 aliphatic rings. The van der Waals surface area contributed by atoms with Gasteiger partial charge in [0.1, 0.15) is 0 Å². The molecule has 0 aromatic carbocycles. The SMILES string of the molecule is CC1(C)CCCC(NC(=O)N2CCCC(C)(C(=O)O)C2)C1. The second kappa shape index (κ2) is 5.85. The van der Waals surface area contributed by atoms with E-state index in [1.807, 2.05) is 0 Å². The van der Waals surface area contributed by atoms with E-state index in [1.54, 1.807) is 11.8 Å². The molecular weight excluding hydrogens is 268 g/mol. The smallest absolute Gasteiger partial charge is 0.317 e. The lowest BCUT2D eigenvalue weighted by Gasteiger charge is -2.40. The number of carbonyl (C=O) groups is 2. The molecule has 2 fully saturated rings. The normalized spacial score (nSPS) is 32.5. The molecule has 2 unspecified atom stereocenters.